The average Bonchev–Trinajstić information content (AvgIpc) is 2.38. The van der Waals surface area contributed by atoms with Crippen molar-refractivity contribution in [3.8, 4) is 0 Å². The van der Waals surface area contributed by atoms with Crippen LogP contribution in [0.15, 0.2) is 23.2 Å². The highest BCUT2D eigenvalue weighted by Gasteiger charge is 2.21. The third kappa shape index (κ3) is 3.18. The molecule has 1 fully saturated rings. The van der Waals surface area contributed by atoms with Gasteiger partial charge in [-0.2, -0.15) is 0 Å². The Bertz CT molecular complexity index is 498. The van der Waals surface area contributed by atoms with Crippen molar-refractivity contribution in [1.82, 2.24) is 9.71 Å². The van der Waals surface area contributed by atoms with Crippen molar-refractivity contribution < 1.29 is 13.2 Å². The van der Waals surface area contributed by atoms with E-state index in [4.69, 9.17) is 10.5 Å². The molecule has 1 aliphatic rings. The molecular weight excluding hydrogens is 254 g/mol. The van der Waals surface area contributed by atoms with Crippen LogP contribution in [0.4, 0.5) is 5.82 Å². The Hall–Kier alpha value is -1.18. The third-order valence-corrected chi connectivity index (χ3v) is 4.34. The number of pyridine rings is 1. The van der Waals surface area contributed by atoms with Crippen molar-refractivity contribution in [2.75, 3.05) is 18.9 Å². The molecule has 7 heteroatoms. The maximum absolute atomic E-state index is 12.0. The summed E-state index contributed by atoms with van der Waals surface area (Å²) in [4.78, 5) is 3.78. The fraction of sp³-hybridized carbons (Fsp3) is 0.545. The number of anilines is 1. The lowest BCUT2D eigenvalue weighted by molar-refractivity contribution is 0.0200. The lowest BCUT2D eigenvalue weighted by Crippen LogP contribution is -2.35. The lowest BCUT2D eigenvalue weighted by Gasteiger charge is -2.22. The summed E-state index contributed by atoms with van der Waals surface area (Å²) in [7, 11) is -3.61. The number of sulfonamides is 1. The number of ether oxygens (including phenoxy) is 1. The molecule has 1 aromatic heterocycles. The first-order valence-electron chi connectivity index (χ1n) is 5.91. The number of aromatic nitrogens is 1. The van der Waals surface area contributed by atoms with Crippen LogP contribution < -0.4 is 10.5 Å². The van der Waals surface area contributed by atoms with Crippen LogP contribution in [-0.4, -0.2) is 32.7 Å². The number of nitrogens with zero attached hydrogens (tertiary/aromatic N) is 1. The maximum atomic E-state index is 12.0. The van der Waals surface area contributed by atoms with Gasteiger partial charge in [-0.05, 0) is 31.4 Å². The van der Waals surface area contributed by atoms with Gasteiger partial charge < -0.3 is 10.5 Å². The van der Waals surface area contributed by atoms with E-state index in [9.17, 15) is 8.42 Å². The van der Waals surface area contributed by atoms with Crippen LogP contribution in [0.5, 0.6) is 0 Å². The van der Waals surface area contributed by atoms with Crippen LogP contribution in [0.2, 0.25) is 0 Å². The second-order valence-electron chi connectivity index (χ2n) is 4.23. The van der Waals surface area contributed by atoms with E-state index in [0.717, 1.165) is 19.3 Å². The molecule has 1 aliphatic heterocycles. The first-order chi connectivity index (χ1) is 8.59. The first-order valence-corrected chi connectivity index (χ1v) is 7.39. The van der Waals surface area contributed by atoms with Gasteiger partial charge in [-0.15, -0.1) is 0 Å². The van der Waals surface area contributed by atoms with Crippen molar-refractivity contribution in [3.05, 3.63) is 18.3 Å². The maximum Gasteiger partial charge on any atom is 0.244 e. The molecule has 0 aromatic carbocycles. The predicted molar refractivity (Wildman–Crippen MR) is 67.4 cm³/mol. The van der Waals surface area contributed by atoms with Crippen LogP contribution in [0.1, 0.15) is 19.3 Å². The highest BCUT2D eigenvalue weighted by Crippen LogP contribution is 2.16. The van der Waals surface area contributed by atoms with Gasteiger partial charge in [-0.1, -0.05) is 0 Å². The zero-order valence-electron chi connectivity index (χ0n) is 10.0. The number of hydrogen-bond donors (Lipinski definition) is 2. The van der Waals surface area contributed by atoms with E-state index in [0.29, 0.717) is 6.61 Å². The quantitative estimate of drug-likeness (QED) is 0.832. The Balaban J connectivity index is 2.01. The molecule has 0 aliphatic carbocycles. The molecule has 0 spiro atoms. The van der Waals surface area contributed by atoms with E-state index in [1.165, 1.54) is 12.3 Å². The number of rotatable bonds is 4. The van der Waals surface area contributed by atoms with E-state index >= 15 is 0 Å². The van der Waals surface area contributed by atoms with E-state index in [2.05, 4.69) is 9.71 Å². The molecule has 1 saturated heterocycles. The molecular formula is C11H17N3O3S. The van der Waals surface area contributed by atoms with Crippen LogP contribution in [0.3, 0.4) is 0 Å². The highest BCUT2D eigenvalue weighted by molar-refractivity contribution is 7.89. The lowest BCUT2D eigenvalue weighted by atomic mass is 10.1. The van der Waals surface area contributed by atoms with Crippen molar-refractivity contribution in [2.45, 2.75) is 30.3 Å². The van der Waals surface area contributed by atoms with Crippen molar-refractivity contribution in [1.29, 1.82) is 0 Å². The SMILES string of the molecule is Nc1ncccc1S(=O)(=O)NCC1CCCCO1. The van der Waals surface area contributed by atoms with Gasteiger partial charge in [0.1, 0.15) is 10.7 Å². The van der Waals surface area contributed by atoms with Crippen molar-refractivity contribution in [3.63, 3.8) is 0 Å². The van der Waals surface area contributed by atoms with Crippen LogP contribution in [-0.2, 0) is 14.8 Å². The minimum Gasteiger partial charge on any atom is -0.383 e. The average molecular weight is 271 g/mol. The minimum absolute atomic E-state index is 0.00885. The van der Waals surface area contributed by atoms with Gasteiger partial charge in [0.15, 0.2) is 0 Å². The topological polar surface area (TPSA) is 94.3 Å². The third-order valence-electron chi connectivity index (χ3n) is 2.86. The van der Waals surface area contributed by atoms with E-state index in [1.807, 2.05) is 0 Å². The molecule has 100 valence electrons. The summed E-state index contributed by atoms with van der Waals surface area (Å²) < 4.78 is 32.0. The van der Waals surface area contributed by atoms with Crippen LogP contribution in [0.25, 0.3) is 0 Å². The fourth-order valence-corrected chi connectivity index (χ4v) is 3.03. The zero-order chi connectivity index (χ0) is 13.0. The Morgan fingerprint density at radius 1 is 1.50 bits per heavy atom. The second-order valence-corrected chi connectivity index (χ2v) is 5.96. The summed E-state index contributed by atoms with van der Waals surface area (Å²) in [6.07, 6.45) is 4.40. The summed E-state index contributed by atoms with van der Waals surface area (Å²) in [6, 6.07) is 2.98. The summed E-state index contributed by atoms with van der Waals surface area (Å²) in [5, 5.41) is 0. The molecule has 0 saturated carbocycles. The summed E-state index contributed by atoms with van der Waals surface area (Å²) in [6.45, 7) is 0.970. The van der Waals surface area contributed by atoms with Gasteiger partial charge in [0.05, 0.1) is 6.10 Å². The van der Waals surface area contributed by atoms with Gasteiger partial charge >= 0.3 is 0 Å². The van der Waals surface area contributed by atoms with Gasteiger partial charge in [0.25, 0.3) is 0 Å². The van der Waals surface area contributed by atoms with Crippen LogP contribution in [0, 0.1) is 0 Å². The Morgan fingerprint density at radius 2 is 2.33 bits per heavy atom. The molecule has 3 N–H and O–H groups in total. The van der Waals surface area contributed by atoms with E-state index in [-0.39, 0.29) is 23.4 Å². The van der Waals surface area contributed by atoms with E-state index in [1.54, 1.807) is 6.07 Å². The molecule has 0 bridgehead atoms. The number of nitrogen functional groups attached to an aromatic ring is 1. The molecule has 0 radical (unpaired) electrons. The second kappa shape index (κ2) is 5.64. The van der Waals surface area contributed by atoms with Gasteiger partial charge in [-0.25, -0.2) is 18.1 Å². The monoisotopic (exact) mass is 271 g/mol. The Morgan fingerprint density at radius 3 is 3.00 bits per heavy atom. The number of hydrogen-bond acceptors (Lipinski definition) is 5. The molecule has 2 rings (SSSR count). The molecule has 2 heterocycles. The number of nitrogens with two attached hydrogens (primary N) is 1. The normalized spacial score (nSPS) is 20.8. The molecule has 6 nitrogen and oxygen atoms in total. The summed E-state index contributed by atoms with van der Waals surface area (Å²) in [5.74, 6) is 0.00885. The van der Waals surface area contributed by atoms with Crippen LogP contribution >= 0.6 is 0 Å². The molecule has 1 aromatic rings. The van der Waals surface area contributed by atoms with Gasteiger partial charge in [0, 0.05) is 19.3 Å². The highest BCUT2D eigenvalue weighted by atomic mass is 32.2. The predicted octanol–water partition coefficient (Wildman–Crippen LogP) is 0.511. The van der Waals surface area contributed by atoms with Gasteiger partial charge in [-0.3, -0.25) is 0 Å². The fourth-order valence-electron chi connectivity index (χ4n) is 1.88. The van der Waals surface area contributed by atoms with Crippen molar-refractivity contribution >= 4 is 15.8 Å². The van der Waals surface area contributed by atoms with E-state index < -0.39 is 10.0 Å². The Kier molecular flexibility index (Phi) is 4.15. The summed E-state index contributed by atoms with van der Waals surface area (Å²) >= 11 is 0. The molecule has 1 unspecified atom stereocenters. The standard InChI is InChI=1S/C11H17N3O3S/c12-11-10(5-3-6-13-11)18(15,16)14-8-9-4-1-2-7-17-9/h3,5-6,9,14H,1-2,4,7-8H2,(H2,12,13). The zero-order valence-corrected chi connectivity index (χ0v) is 10.8. The summed E-state index contributed by atoms with van der Waals surface area (Å²) in [5.41, 5.74) is 5.55. The number of nitrogens with one attached hydrogen (secondary N) is 1. The molecule has 1 atom stereocenters. The minimum atomic E-state index is -3.61. The van der Waals surface area contributed by atoms with Gasteiger partial charge in [0.2, 0.25) is 10.0 Å². The smallest absolute Gasteiger partial charge is 0.244 e. The molecule has 0 amide bonds. The first kappa shape index (κ1) is 13.3. The van der Waals surface area contributed by atoms with Crippen molar-refractivity contribution in [2.24, 2.45) is 0 Å². The largest absolute Gasteiger partial charge is 0.383 e. The molecule has 18 heavy (non-hydrogen) atoms. The Labute approximate surface area is 107 Å².